The maximum absolute atomic E-state index is 12.1. The second-order valence-corrected chi connectivity index (χ2v) is 6.88. The normalized spacial score (nSPS) is 15.1. The summed E-state index contributed by atoms with van der Waals surface area (Å²) >= 11 is 0. The maximum atomic E-state index is 12.1. The topological polar surface area (TPSA) is 47.4 Å². The predicted octanol–water partition coefficient (Wildman–Crippen LogP) is 3.07. The van der Waals surface area contributed by atoms with Gasteiger partial charge in [0.1, 0.15) is 0 Å². The molecule has 0 radical (unpaired) electrons. The van der Waals surface area contributed by atoms with E-state index < -0.39 is 0 Å². The molecule has 0 bridgehead atoms. The molecule has 3 rings (SSSR count). The number of imidazole rings is 1. The standard InChI is InChI=1S/C21H29N3O2/c1-2-26-21(25)16-20-19(15-18-9-5-3-6-10-18)22-17-24(20)14-13-23-11-7-4-8-12-23/h3,5-6,9-10,17H,2,4,7-8,11-16H2,1H3. The first-order chi connectivity index (χ1) is 12.8. The Hall–Kier alpha value is -2.14. The molecule has 0 atom stereocenters. The van der Waals surface area contributed by atoms with Crippen molar-refractivity contribution in [1.29, 1.82) is 0 Å². The zero-order chi connectivity index (χ0) is 18.2. The highest BCUT2D eigenvalue weighted by Gasteiger charge is 2.17. The van der Waals surface area contributed by atoms with Gasteiger partial charge in [0.15, 0.2) is 0 Å². The average Bonchev–Trinajstić information content (AvgIpc) is 3.03. The molecular formula is C21H29N3O2. The molecule has 0 N–H and O–H groups in total. The molecule has 2 heterocycles. The summed E-state index contributed by atoms with van der Waals surface area (Å²) in [4.78, 5) is 19.2. The molecule has 1 aromatic heterocycles. The van der Waals surface area contributed by atoms with Gasteiger partial charge in [0.05, 0.1) is 30.7 Å². The third-order valence-corrected chi connectivity index (χ3v) is 4.97. The maximum Gasteiger partial charge on any atom is 0.311 e. The molecule has 0 amide bonds. The van der Waals surface area contributed by atoms with E-state index in [1.165, 1.54) is 37.9 Å². The van der Waals surface area contributed by atoms with Crippen LogP contribution in [0.3, 0.4) is 0 Å². The van der Waals surface area contributed by atoms with Crippen molar-refractivity contribution in [3.05, 3.63) is 53.6 Å². The number of benzene rings is 1. The molecule has 1 aliphatic rings. The van der Waals surface area contributed by atoms with Gasteiger partial charge in [-0.1, -0.05) is 36.8 Å². The van der Waals surface area contributed by atoms with E-state index in [1.54, 1.807) is 0 Å². The van der Waals surface area contributed by atoms with Crippen molar-refractivity contribution in [2.24, 2.45) is 0 Å². The molecule has 0 saturated carbocycles. The molecule has 140 valence electrons. The smallest absolute Gasteiger partial charge is 0.311 e. The monoisotopic (exact) mass is 355 g/mol. The van der Waals surface area contributed by atoms with E-state index in [0.717, 1.165) is 30.9 Å². The lowest BCUT2D eigenvalue weighted by molar-refractivity contribution is -0.142. The lowest BCUT2D eigenvalue weighted by atomic mass is 10.1. The van der Waals surface area contributed by atoms with Crippen LogP contribution in [0.25, 0.3) is 0 Å². The van der Waals surface area contributed by atoms with Crippen LogP contribution in [0.15, 0.2) is 36.7 Å². The molecule has 0 aliphatic carbocycles. The molecule has 0 unspecified atom stereocenters. The number of hydrogen-bond acceptors (Lipinski definition) is 4. The second kappa shape index (κ2) is 9.53. The van der Waals surface area contributed by atoms with Gasteiger partial charge in [0, 0.05) is 19.5 Å². The van der Waals surface area contributed by atoms with Gasteiger partial charge in [-0.2, -0.15) is 0 Å². The lowest BCUT2D eigenvalue weighted by Gasteiger charge is -2.26. The fraction of sp³-hybridized carbons (Fsp3) is 0.524. The molecule has 2 aromatic rings. The van der Waals surface area contributed by atoms with Crippen LogP contribution in [0.2, 0.25) is 0 Å². The molecule has 5 heteroatoms. The fourth-order valence-corrected chi connectivity index (χ4v) is 3.56. The van der Waals surface area contributed by atoms with Crippen LogP contribution in [0.1, 0.15) is 43.1 Å². The van der Waals surface area contributed by atoms with E-state index >= 15 is 0 Å². The molecule has 1 aliphatic heterocycles. The largest absolute Gasteiger partial charge is 0.466 e. The number of rotatable bonds is 8. The van der Waals surface area contributed by atoms with Crippen LogP contribution < -0.4 is 0 Å². The molecule has 26 heavy (non-hydrogen) atoms. The van der Waals surface area contributed by atoms with Crippen molar-refractivity contribution in [3.8, 4) is 0 Å². The van der Waals surface area contributed by atoms with Gasteiger partial charge >= 0.3 is 5.97 Å². The Kier molecular flexibility index (Phi) is 6.83. The van der Waals surface area contributed by atoms with E-state index in [0.29, 0.717) is 6.61 Å². The van der Waals surface area contributed by atoms with Crippen molar-refractivity contribution in [1.82, 2.24) is 14.5 Å². The molecule has 1 fully saturated rings. The van der Waals surface area contributed by atoms with Gasteiger partial charge in [0.25, 0.3) is 0 Å². The Balaban J connectivity index is 1.72. The molecule has 1 aromatic carbocycles. The fourth-order valence-electron chi connectivity index (χ4n) is 3.56. The minimum Gasteiger partial charge on any atom is -0.466 e. The van der Waals surface area contributed by atoms with Gasteiger partial charge in [-0.15, -0.1) is 0 Å². The number of likely N-dealkylation sites (tertiary alicyclic amines) is 1. The van der Waals surface area contributed by atoms with Crippen molar-refractivity contribution in [2.45, 2.75) is 45.6 Å². The lowest BCUT2D eigenvalue weighted by Crippen LogP contribution is -2.32. The second-order valence-electron chi connectivity index (χ2n) is 6.88. The predicted molar refractivity (Wildman–Crippen MR) is 102 cm³/mol. The highest BCUT2D eigenvalue weighted by molar-refractivity contribution is 5.72. The summed E-state index contributed by atoms with van der Waals surface area (Å²) in [7, 11) is 0. The summed E-state index contributed by atoms with van der Waals surface area (Å²) in [5.74, 6) is -0.179. The van der Waals surface area contributed by atoms with Gasteiger partial charge in [0.2, 0.25) is 0 Å². The molecular weight excluding hydrogens is 326 g/mol. The zero-order valence-electron chi connectivity index (χ0n) is 15.7. The molecule has 0 spiro atoms. The Morgan fingerprint density at radius 1 is 1.12 bits per heavy atom. The van der Waals surface area contributed by atoms with E-state index in [-0.39, 0.29) is 12.4 Å². The first-order valence-electron chi connectivity index (χ1n) is 9.71. The zero-order valence-corrected chi connectivity index (χ0v) is 15.7. The van der Waals surface area contributed by atoms with E-state index in [9.17, 15) is 4.79 Å². The number of carbonyl (C=O) groups excluding carboxylic acids is 1. The third kappa shape index (κ3) is 5.18. The van der Waals surface area contributed by atoms with Gasteiger partial charge < -0.3 is 14.2 Å². The van der Waals surface area contributed by atoms with Crippen LogP contribution in [-0.2, 0) is 28.9 Å². The van der Waals surface area contributed by atoms with Crippen molar-refractivity contribution in [3.63, 3.8) is 0 Å². The number of carbonyl (C=O) groups is 1. The summed E-state index contributed by atoms with van der Waals surface area (Å²) in [6, 6.07) is 10.3. The summed E-state index contributed by atoms with van der Waals surface area (Å²) in [6.45, 7) is 6.50. The van der Waals surface area contributed by atoms with Crippen molar-refractivity contribution >= 4 is 5.97 Å². The number of aromatic nitrogens is 2. The van der Waals surface area contributed by atoms with Crippen LogP contribution >= 0.6 is 0 Å². The first-order valence-corrected chi connectivity index (χ1v) is 9.71. The summed E-state index contributed by atoms with van der Waals surface area (Å²) < 4.78 is 7.32. The first kappa shape index (κ1) is 18.6. The van der Waals surface area contributed by atoms with Gasteiger partial charge in [-0.05, 0) is 38.4 Å². The molecule has 5 nitrogen and oxygen atoms in total. The third-order valence-electron chi connectivity index (χ3n) is 4.97. The number of ether oxygens (including phenoxy) is 1. The Morgan fingerprint density at radius 3 is 2.62 bits per heavy atom. The SMILES string of the molecule is CCOC(=O)Cc1c(Cc2ccccc2)ncn1CCN1CCCCC1. The Bertz CT molecular complexity index is 691. The van der Waals surface area contributed by atoms with Gasteiger partial charge in [-0.25, -0.2) is 4.98 Å². The number of hydrogen-bond donors (Lipinski definition) is 0. The minimum atomic E-state index is -0.179. The van der Waals surface area contributed by atoms with Crippen molar-refractivity contribution < 1.29 is 9.53 Å². The highest BCUT2D eigenvalue weighted by atomic mass is 16.5. The minimum absolute atomic E-state index is 0.179. The van der Waals surface area contributed by atoms with Crippen molar-refractivity contribution in [2.75, 3.05) is 26.2 Å². The number of piperidine rings is 1. The average molecular weight is 355 g/mol. The van der Waals surface area contributed by atoms with Gasteiger partial charge in [-0.3, -0.25) is 4.79 Å². The summed E-state index contributed by atoms with van der Waals surface area (Å²) in [6.07, 6.45) is 6.84. The highest BCUT2D eigenvalue weighted by Crippen LogP contribution is 2.16. The summed E-state index contributed by atoms with van der Waals surface area (Å²) in [5.41, 5.74) is 3.17. The summed E-state index contributed by atoms with van der Waals surface area (Å²) in [5, 5.41) is 0. The van der Waals surface area contributed by atoms with E-state index in [4.69, 9.17) is 4.74 Å². The number of nitrogens with zero attached hydrogens (tertiary/aromatic N) is 3. The Labute approximate surface area is 156 Å². The van der Waals surface area contributed by atoms with Crippen LogP contribution in [0, 0.1) is 0 Å². The van der Waals surface area contributed by atoms with E-state index in [2.05, 4.69) is 26.6 Å². The van der Waals surface area contributed by atoms with Crippen LogP contribution in [-0.4, -0.2) is 46.7 Å². The number of esters is 1. The molecule has 1 saturated heterocycles. The Morgan fingerprint density at radius 2 is 1.88 bits per heavy atom. The quantitative estimate of drug-likeness (QED) is 0.683. The van der Waals surface area contributed by atoms with E-state index in [1.807, 2.05) is 31.5 Å². The van der Waals surface area contributed by atoms with Crippen LogP contribution in [0.5, 0.6) is 0 Å². The van der Waals surface area contributed by atoms with Crippen LogP contribution in [0.4, 0.5) is 0 Å².